The average molecular weight is 631 g/mol. The molecule has 0 fully saturated rings. The first kappa shape index (κ1) is 29.0. The second-order valence-corrected chi connectivity index (χ2v) is 9.85. The van der Waals surface area contributed by atoms with Crippen molar-refractivity contribution in [3.63, 3.8) is 0 Å². The molecule has 17 heteroatoms. The Morgan fingerprint density at radius 1 is 0.864 bits per heavy atom. The molecule has 0 saturated heterocycles. The maximum Gasteiger partial charge on any atom is 0.433 e. The van der Waals surface area contributed by atoms with Crippen LogP contribution >= 0.6 is 11.6 Å². The highest BCUT2D eigenvalue weighted by Crippen LogP contribution is 2.35. The number of benzene rings is 1. The van der Waals surface area contributed by atoms with Gasteiger partial charge < -0.3 is 0 Å². The van der Waals surface area contributed by atoms with Gasteiger partial charge in [-0.25, -0.2) is 9.07 Å². The van der Waals surface area contributed by atoms with Crippen molar-refractivity contribution in [2.75, 3.05) is 0 Å². The van der Waals surface area contributed by atoms with E-state index < -0.39 is 30.3 Å². The van der Waals surface area contributed by atoms with Crippen molar-refractivity contribution in [3.05, 3.63) is 108 Å². The zero-order chi connectivity index (χ0) is 31.0. The molecule has 1 atom stereocenters. The summed E-state index contributed by atoms with van der Waals surface area (Å²) in [4.78, 5) is 7.91. The molecule has 0 N–H and O–H groups in total. The molecule has 0 aliphatic rings. The molecule has 5 aromatic heterocycles. The number of rotatable bonds is 8. The minimum atomic E-state index is -4.64. The van der Waals surface area contributed by atoms with E-state index in [0.717, 1.165) is 12.3 Å². The molecule has 1 aromatic carbocycles. The van der Waals surface area contributed by atoms with Gasteiger partial charge in [0.2, 0.25) is 0 Å². The number of halogens is 7. The fourth-order valence-electron chi connectivity index (χ4n) is 4.60. The lowest BCUT2D eigenvalue weighted by molar-refractivity contribution is -0.141. The summed E-state index contributed by atoms with van der Waals surface area (Å²) >= 11 is 6.07. The Bertz CT molecular complexity index is 1900. The van der Waals surface area contributed by atoms with Crippen LogP contribution in [0.1, 0.15) is 29.5 Å². The number of pyridine rings is 2. The minimum absolute atomic E-state index is 0.0816. The van der Waals surface area contributed by atoms with Crippen molar-refractivity contribution in [2.45, 2.75) is 25.2 Å². The largest absolute Gasteiger partial charge is 0.433 e. The maximum absolute atomic E-state index is 15.3. The van der Waals surface area contributed by atoms with Crippen molar-refractivity contribution in [3.8, 4) is 27.9 Å². The SMILES string of the molecule is Fc1c(Cl)ccc(-n2cnnn2)c1-c1ccc([C@H](Cc2cnn(C(F)F)c2)n2cc(-c3ccnc(C(F)(F)F)c3)cn2)nc1. The molecule has 0 radical (unpaired) electrons. The number of hydrogen-bond acceptors (Lipinski definition) is 7. The van der Waals surface area contributed by atoms with Crippen LogP contribution in [0.4, 0.5) is 26.3 Å². The van der Waals surface area contributed by atoms with Gasteiger partial charge in [0.1, 0.15) is 12.0 Å². The maximum atomic E-state index is 15.3. The van der Waals surface area contributed by atoms with Gasteiger partial charge in [-0.3, -0.25) is 14.6 Å². The van der Waals surface area contributed by atoms with E-state index in [9.17, 15) is 22.0 Å². The van der Waals surface area contributed by atoms with Crippen molar-refractivity contribution in [1.82, 2.24) is 49.7 Å². The molecule has 0 aliphatic carbocycles. The van der Waals surface area contributed by atoms with Crippen LogP contribution in [0, 0.1) is 5.82 Å². The summed E-state index contributed by atoms with van der Waals surface area (Å²) in [5.74, 6) is -0.725. The highest BCUT2D eigenvalue weighted by Gasteiger charge is 2.32. The molecular weight excluding hydrogens is 614 g/mol. The van der Waals surface area contributed by atoms with E-state index in [2.05, 4.69) is 35.7 Å². The van der Waals surface area contributed by atoms with Gasteiger partial charge in [-0.15, -0.1) is 5.10 Å². The Labute approximate surface area is 248 Å². The van der Waals surface area contributed by atoms with Crippen molar-refractivity contribution < 1.29 is 26.3 Å². The Morgan fingerprint density at radius 3 is 2.36 bits per heavy atom. The van der Waals surface area contributed by atoms with Gasteiger partial charge in [0.05, 0.1) is 34.8 Å². The third-order valence-electron chi connectivity index (χ3n) is 6.67. The second kappa shape index (κ2) is 11.5. The van der Waals surface area contributed by atoms with E-state index in [1.165, 1.54) is 58.8 Å². The first-order chi connectivity index (χ1) is 21.1. The summed E-state index contributed by atoms with van der Waals surface area (Å²) in [6.07, 6.45) is 4.52. The predicted molar refractivity (Wildman–Crippen MR) is 143 cm³/mol. The smallest absolute Gasteiger partial charge is 0.263 e. The summed E-state index contributed by atoms with van der Waals surface area (Å²) < 4.78 is 84.7. The highest BCUT2D eigenvalue weighted by molar-refractivity contribution is 6.31. The summed E-state index contributed by atoms with van der Waals surface area (Å²) in [6.45, 7) is -2.85. The Kier molecular flexibility index (Phi) is 7.59. The topological polar surface area (TPSA) is 105 Å². The molecule has 0 saturated carbocycles. The van der Waals surface area contributed by atoms with Crippen LogP contribution in [0.5, 0.6) is 0 Å². The van der Waals surface area contributed by atoms with Crippen LogP contribution in [0.25, 0.3) is 27.9 Å². The average Bonchev–Trinajstić information content (AvgIpc) is 3.80. The molecule has 10 nitrogen and oxygen atoms in total. The fraction of sp³-hybridized carbons (Fsp3) is 0.148. The standard InChI is InChI=1S/C27H17ClF6N10/c28-19-2-4-21(44-14-37-40-41-44)24(25(19)29)17-1-3-20(36-10-17)22(7-15-9-38-43(12-15)26(30)31)42-13-18(11-39-42)16-5-6-35-23(8-16)27(32,33)34/h1-6,8-14,22,26H,7H2/t22-/m0/s1. The minimum Gasteiger partial charge on any atom is -0.263 e. The van der Waals surface area contributed by atoms with E-state index >= 15 is 4.39 Å². The predicted octanol–water partition coefficient (Wildman–Crippen LogP) is 6.22. The highest BCUT2D eigenvalue weighted by atomic mass is 35.5. The third kappa shape index (κ3) is 5.75. The van der Waals surface area contributed by atoms with E-state index in [4.69, 9.17) is 11.6 Å². The first-order valence-corrected chi connectivity index (χ1v) is 13.0. The van der Waals surface area contributed by atoms with Crippen LogP contribution in [-0.2, 0) is 12.6 Å². The van der Waals surface area contributed by atoms with Crippen LogP contribution in [-0.4, -0.2) is 49.7 Å². The Balaban J connectivity index is 1.39. The summed E-state index contributed by atoms with van der Waals surface area (Å²) in [5.41, 5.74) is 1.04. The van der Waals surface area contributed by atoms with Gasteiger partial charge in [-0.05, 0) is 51.9 Å². The molecule has 0 spiro atoms. The lowest BCUT2D eigenvalue weighted by Gasteiger charge is -2.18. The zero-order valence-electron chi connectivity index (χ0n) is 22.0. The number of alkyl halides is 5. The monoisotopic (exact) mass is 630 g/mol. The van der Waals surface area contributed by atoms with Gasteiger partial charge in [0, 0.05) is 47.9 Å². The van der Waals surface area contributed by atoms with Gasteiger partial charge in [0.15, 0.2) is 5.82 Å². The summed E-state index contributed by atoms with van der Waals surface area (Å²) in [6, 6.07) is 7.68. The molecular formula is C27H17ClF6N10. The van der Waals surface area contributed by atoms with Crippen molar-refractivity contribution >= 4 is 11.6 Å². The molecule has 44 heavy (non-hydrogen) atoms. The van der Waals surface area contributed by atoms with Gasteiger partial charge >= 0.3 is 12.7 Å². The quantitative estimate of drug-likeness (QED) is 0.184. The lowest BCUT2D eigenvalue weighted by Crippen LogP contribution is -2.15. The van der Waals surface area contributed by atoms with E-state index in [1.807, 2.05) is 0 Å². The van der Waals surface area contributed by atoms with Crippen LogP contribution in [0.2, 0.25) is 5.02 Å². The van der Waals surface area contributed by atoms with Crippen LogP contribution < -0.4 is 0 Å². The van der Waals surface area contributed by atoms with E-state index in [-0.39, 0.29) is 22.6 Å². The van der Waals surface area contributed by atoms with Gasteiger partial charge in [0.25, 0.3) is 0 Å². The van der Waals surface area contributed by atoms with Crippen molar-refractivity contribution in [1.29, 1.82) is 0 Å². The Morgan fingerprint density at radius 2 is 1.68 bits per heavy atom. The molecule has 0 unspecified atom stereocenters. The normalized spacial score (nSPS) is 12.6. The second-order valence-electron chi connectivity index (χ2n) is 9.44. The van der Waals surface area contributed by atoms with E-state index in [1.54, 1.807) is 18.2 Å². The third-order valence-corrected chi connectivity index (χ3v) is 6.97. The molecule has 6 rings (SSSR count). The molecule has 0 amide bonds. The number of hydrogen-bond donors (Lipinski definition) is 0. The van der Waals surface area contributed by atoms with Gasteiger partial charge in [-0.1, -0.05) is 17.7 Å². The lowest BCUT2D eigenvalue weighted by atomic mass is 10.0. The molecule has 0 aliphatic heterocycles. The Hall–Kier alpha value is -5.12. The van der Waals surface area contributed by atoms with Crippen LogP contribution in [0.15, 0.2) is 79.9 Å². The fourth-order valence-corrected chi connectivity index (χ4v) is 4.75. The molecule has 224 valence electrons. The molecule has 5 heterocycles. The van der Waals surface area contributed by atoms with E-state index in [0.29, 0.717) is 32.8 Å². The van der Waals surface area contributed by atoms with Crippen molar-refractivity contribution in [2.24, 2.45) is 0 Å². The summed E-state index contributed by atoms with van der Waals surface area (Å²) in [5, 5.41) is 18.9. The first-order valence-electron chi connectivity index (χ1n) is 12.6. The summed E-state index contributed by atoms with van der Waals surface area (Å²) in [7, 11) is 0. The molecule has 0 bridgehead atoms. The zero-order valence-corrected chi connectivity index (χ0v) is 22.7. The number of aromatic nitrogens is 10. The van der Waals surface area contributed by atoms with Crippen LogP contribution in [0.3, 0.4) is 0 Å². The molecule has 6 aromatic rings. The van der Waals surface area contributed by atoms with Gasteiger partial charge in [-0.2, -0.15) is 36.8 Å². The number of tetrazole rings is 1. The number of nitrogens with zero attached hydrogens (tertiary/aromatic N) is 10.